The van der Waals surface area contributed by atoms with E-state index < -0.39 is 0 Å². The van der Waals surface area contributed by atoms with Crippen molar-refractivity contribution in [3.8, 4) is 0 Å². The van der Waals surface area contributed by atoms with E-state index in [4.69, 9.17) is 9.72 Å². The number of benzene rings is 2. The van der Waals surface area contributed by atoms with Crippen molar-refractivity contribution >= 4 is 44.2 Å². The summed E-state index contributed by atoms with van der Waals surface area (Å²) in [5.41, 5.74) is 1.70. The van der Waals surface area contributed by atoms with Gasteiger partial charge in [0.2, 0.25) is 0 Å². The molecular formula is C20H19N3O2S2. The largest absolute Gasteiger partial charge is 0.383 e. The topological polar surface area (TPSA) is 57.0 Å². The number of nitrogens with zero attached hydrogens (tertiary/aromatic N) is 3. The molecule has 0 saturated heterocycles. The van der Waals surface area contributed by atoms with E-state index in [9.17, 15) is 4.79 Å². The first-order valence-corrected chi connectivity index (χ1v) is 10.4. The summed E-state index contributed by atoms with van der Waals surface area (Å²) >= 11 is 3.22. The molecule has 7 heteroatoms. The molecule has 138 valence electrons. The number of hydrogen-bond donors (Lipinski definition) is 0. The fraction of sp³-hybridized carbons (Fsp3) is 0.250. The lowest BCUT2D eigenvalue weighted by Crippen LogP contribution is -2.28. The zero-order chi connectivity index (χ0) is 18.8. The Morgan fingerprint density at radius 1 is 1.11 bits per heavy atom. The van der Waals surface area contributed by atoms with Gasteiger partial charge in [0.1, 0.15) is 5.01 Å². The van der Waals surface area contributed by atoms with Crippen molar-refractivity contribution in [2.75, 3.05) is 13.7 Å². The summed E-state index contributed by atoms with van der Waals surface area (Å²) < 4.78 is 8.19. The van der Waals surface area contributed by atoms with Crippen molar-refractivity contribution in [1.29, 1.82) is 0 Å². The lowest BCUT2D eigenvalue weighted by molar-refractivity contribution is 0.156. The number of rotatable bonds is 6. The first-order valence-electron chi connectivity index (χ1n) is 8.65. The normalized spacial score (nSPS) is 12.7. The fourth-order valence-corrected chi connectivity index (χ4v) is 5.10. The van der Waals surface area contributed by atoms with E-state index in [1.807, 2.05) is 49.4 Å². The number of thiazole rings is 1. The molecule has 27 heavy (non-hydrogen) atoms. The van der Waals surface area contributed by atoms with Gasteiger partial charge in [0.25, 0.3) is 5.56 Å². The molecule has 2 heterocycles. The van der Waals surface area contributed by atoms with Crippen molar-refractivity contribution in [3.05, 3.63) is 63.9 Å². The molecule has 0 bridgehead atoms. The highest BCUT2D eigenvalue weighted by molar-refractivity contribution is 7.98. The minimum absolute atomic E-state index is 0.0306. The summed E-state index contributed by atoms with van der Waals surface area (Å²) in [6, 6.07) is 15.5. The second-order valence-electron chi connectivity index (χ2n) is 6.26. The molecule has 5 nitrogen and oxygen atoms in total. The van der Waals surface area contributed by atoms with Crippen molar-refractivity contribution < 1.29 is 4.74 Å². The van der Waals surface area contributed by atoms with Crippen LogP contribution in [0.25, 0.3) is 21.1 Å². The smallest absolute Gasteiger partial charge is 0.262 e. The van der Waals surface area contributed by atoms with E-state index in [0.29, 0.717) is 22.9 Å². The van der Waals surface area contributed by atoms with E-state index in [0.717, 1.165) is 16.0 Å². The van der Waals surface area contributed by atoms with Gasteiger partial charge in [0.15, 0.2) is 5.16 Å². The van der Waals surface area contributed by atoms with Crippen molar-refractivity contribution in [2.24, 2.45) is 0 Å². The number of hydrogen-bond acceptors (Lipinski definition) is 6. The van der Waals surface area contributed by atoms with Gasteiger partial charge >= 0.3 is 0 Å². The number of methoxy groups -OCH3 is 1. The highest BCUT2D eigenvalue weighted by atomic mass is 32.2. The predicted molar refractivity (Wildman–Crippen MR) is 112 cm³/mol. The molecule has 4 aromatic rings. The molecule has 0 spiro atoms. The second kappa shape index (κ2) is 7.80. The molecule has 0 unspecified atom stereocenters. The Balaban J connectivity index is 1.72. The van der Waals surface area contributed by atoms with Crippen LogP contribution in [0.5, 0.6) is 0 Å². The summed E-state index contributed by atoms with van der Waals surface area (Å²) in [7, 11) is 1.64. The average Bonchev–Trinajstić information content (AvgIpc) is 3.09. The van der Waals surface area contributed by atoms with Crippen LogP contribution in [0, 0.1) is 0 Å². The molecule has 2 aromatic carbocycles. The Bertz CT molecular complexity index is 1120. The third kappa shape index (κ3) is 3.63. The SMILES string of the molecule is COC[C@@H](C)n1c(SCc2nc3ccccc3s2)nc2ccccc2c1=O. The van der Waals surface area contributed by atoms with Crippen LogP contribution >= 0.6 is 23.1 Å². The molecule has 2 aromatic heterocycles. The Morgan fingerprint density at radius 3 is 2.63 bits per heavy atom. The van der Waals surface area contributed by atoms with Gasteiger partial charge in [-0.1, -0.05) is 36.0 Å². The standard InChI is InChI=1S/C20H19N3O2S2/c1-13(11-25-2)23-19(24)14-7-3-4-8-15(14)22-20(23)26-12-18-21-16-9-5-6-10-17(16)27-18/h3-10,13H,11-12H2,1-2H3/t13-/m1/s1. The Kier molecular flexibility index (Phi) is 5.24. The van der Waals surface area contributed by atoms with Gasteiger partial charge in [-0.3, -0.25) is 9.36 Å². The first kappa shape index (κ1) is 18.2. The van der Waals surface area contributed by atoms with Gasteiger partial charge in [-0.2, -0.15) is 0 Å². The van der Waals surface area contributed by atoms with Crippen LogP contribution in [0.2, 0.25) is 0 Å². The molecule has 0 aliphatic carbocycles. The highest BCUT2D eigenvalue weighted by Crippen LogP contribution is 2.29. The fourth-order valence-electron chi connectivity index (χ4n) is 3.04. The quantitative estimate of drug-likeness (QED) is 0.354. The molecule has 0 aliphatic heterocycles. The number of ether oxygens (including phenoxy) is 1. The lowest BCUT2D eigenvalue weighted by Gasteiger charge is -2.18. The molecule has 0 N–H and O–H groups in total. The molecule has 0 fully saturated rings. The van der Waals surface area contributed by atoms with Gasteiger partial charge in [0, 0.05) is 7.11 Å². The summed E-state index contributed by atoms with van der Waals surface area (Å²) in [5.74, 6) is 0.670. The molecule has 1 atom stereocenters. The maximum Gasteiger partial charge on any atom is 0.262 e. The van der Waals surface area contributed by atoms with E-state index in [1.54, 1.807) is 34.8 Å². The molecule has 4 rings (SSSR count). The molecule has 0 amide bonds. The van der Waals surface area contributed by atoms with E-state index in [1.165, 1.54) is 4.70 Å². The van der Waals surface area contributed by atoms with Crippen LogP contribution in [-0.4, -0.2) is 28.3 Å². The van der Waals surface area contributed by atoms with Crippen LogP contribution in [0.3, 0.4) is 0 Å². The summed E-state index contributed by atoms with van der Waals surface area (Å²) in [5, 5.41) is 2.35. The molecule has 0 aliphatic rings. The van der Waals surface area contributed by atoms with E-state index in [-0.39, 0.29) is 11.6 Å². The first-order chi connectivity index (χ1) is 13.2. The van der Waals surface area contributed by atoms with Crippen LogP contribution in [0.1, 0.15) is 18.0 Å². The van der Waals surface area contributed by atoms with Crippen LogP contribution in [0.15, 0.2) is 58.5 Å². The Hall–Kier alpha value is -2.22. The Labute approximate surface area is 165 Å². The van der Waals surface area contributed by atoms with Crippen molar-refractivity contribution in [1.82, 2.24) is 14.5 Å². The van der Waals surface area contributed by atoms with Gasteiger partial charge in [0.05, 0.1) is 39.5 Å². The molecule has 0 saturated carbocycles. The average molecular weight is 398 g/mol. The predicted octanol–water partition coefficient (Wildman–Crippen LogP) is 4.51. The summed E-state index contributed by atoms with van der Waals surface area (Å²) in [6.45, 7) is 2.43. The van der Waals surface area contributed by atoms with Crippen molar-refractivity contribution in [3.63, 3.8) is 0 Å². The van der Waals surface area contributed by atoms with Crippen molar-refractivity contribution in [2.45, 2.75) is 23.9 Å². The van der Waals surface area contributed by atoms with Gasteiger partial charge < -0.3 is 4.74 Å². The van der Waals surface area contributed by atoms with E-state index >= 15 is 0 Å². The van der Waals surface area contributed by atoms with Gasteiger partial charge in [-0.25, -0.2) is 9.97 Å². The minimum atomic E-state index is -0.0996. The van der Waals surface area contributed by atoms with Crippen LogP contribution in [0.4, 0.5) is 0 Å². The summed E-state index contributed by atoms with van der Waals surface area (Å²) in [6.07, 6.45) is 0. The number of fused-ring (bicyclic) bond motifs is 2. The number of para-hydroxylation sites is 2. The third-order valence-corrected chi connectivity index (χ3v) is 6.47. The Morgan fingerprint density at radius 2 is 1.85 bits per heavy atom. The number of thioether (sulfide) groups is 1. The second-order valence-corrected chi connectivity index (χ2v) is 8.31. The number of aromatic nitrogens is 3. The van der Waals surface area contributed by atoms with E-state index in [2.05, 4.69) is 11.1 Å². The molecule has 0 radical (unpaired) electrons. The minimum Gasteiger partial charge on any atom is -0.383 e. The maximum absolute atomic E-state index is 13.1. The monoisotopic (exact) mass is 397 g/mol. The van der Waals surface area contributed by atoms with Gasteiger partial charge in [-0.05, 0) is 31.2 Å². The molecular weight excluding hydrogens is 378 g/mol. The zero-order valence-electron chi connectivity index (χ0n) is 15.1. The van der Waals surface area contributed by atoms with Gasteiger partial charge in [-0.15, -0.1) is 11.3 Å². The third-order valence-electron chi connectivity index (χ3n) is 4.29. The summed E-state index contributed by atoms with van der Waals surface area (Å²) in [4.78, 5) is 22.5. The maximum atomic E-state index is 13.1. The van der Waals surface area contributed by atoms with Crippen LogP contribution < -0.4 is 5.56 Å². The highest BCUT2D eigenvalue weighted by Gasteiger charge is 2.17. The zero-order valence-corrected chi connectivity index (χ0v) is 16.7. The van der Waals surface area contributed by atoms with Crippen LogP contribution in [-0.2, 0) is 10.5 Å². The lowest BCUT2D eigenvalue weighted by atomic mass is 10.2.